The fourth-order valence-electron chi connectivity index (χ4n) is 3.22. The van der Waals surface area contributed by atoms with Gasteiger partial charge in [-0.3, -0.25) is 0 Å². The second-order valence-corrected chi connectivity index (χ2v) is 7.33. The highest BCUT2D eigenvalue weighted by atomic mass is 16.6. The molecule has 0 aliphatic carbocycles. The summed E-state index contributed by atoms with van der Waals surface area (Å²) in [6.07, 6.45) is -0.290. The molecule has 3 aromatic rings. The monoisotopic (exact) mass is 418 g/mol. The summed E-state index contributed by atoms with van der Waals surface area (Å²) < 4.78 is 17.9. The Hall–Kier alpha value is -2.76. The maximum Gasteiger partial charge on any atom is 0.116 e. The van der Waals surface area contributed by atoms with E-state index in [1.807, 2.05) is 91.0 Å². The van der Waals surface area contributed by atoms with Crippen molar-refractivity contribution in [1.82, 2.24) is 0 Å². The van der Waals surface area contributed by atoms with Crippen molar-refractivity contribution in [2.75, 3.05) is 6.61 Å². The Balaban J connectivity index is 1.62. The van der Waals surface area contributed by atoms with Gasteiger partial charge in [-0.15, -0.1) is 6.58 Å². The summed E-state index contributed by atoms with van der Waals surface area (Å²) in [5.41, 5.74) is 3.12. The van der Waals surface area contributed by atoms with Crippen molar-refractivity contribution in [3.05, 3.63) is 120 Å². The lowest BCUT2D eigenvalue weighted by Gasteiger charge is -2.29. The van der Waals surface area contributed by atoms with Gasteiger partial charge in [-0.1, -0.05) is 97.1 Å². The predicted octanol–water partition coefficient (Wildman–Crippen LogP) is 4.92. The number of benzene rings is 3. The zero-order valence-corrected chi connectivity index (χ0v) is 17.7. The molecule has 3 aromatic carbocycles. The largest absolute Gasteiger partial charge is 0.388 e. The van der Waals surface area contributed by atoms with Crippen molar-refractivity contribution >= 4 is 0 Å². The second-order valence-electron chi connectivity index (χ2n) is 7.33. The number of rotatable bonds is 13. The second kappa shape index (κ2) is 12.8. The molecular weight excluding hydrogens is 388 g/mol. The van der Waals surface area contributed by atoms with Crippen LogP contribution >= 0.6 is 0 Å². The highest BCUT2D eigenvalue weighted by Crippen LogP contribution is 2.17. The number of aliphatic hydroxyl groups excluding tert-OH is 1. The molecule has 0 unspecified atom stereocenters. The van der Waals surface area contributed by atoms with Crippen LogP contribution in [0.3, 0.4) is 0 Å². The molecule has 3 rings (SSSR count). The normalized spacial score (nSPS) is 14.0. The number of ether oxygens (including phenoxy) is 3. The van der Waals surface area contributed by atoms with Gasteiger partial charge in [-0.25, -0.2) is 0 Å². The van der Waals surface area contributed by atoms with Gasteiger partial charge in [0.15, 0.2) is 0 Å². The number of aliphatic hydroxyl groups is 1. The van der Waals surface area contributed by atoms with Gasteiger partial charge in [0, 0.05) is 0 Å². The molecule has 0 amide bonds. The van der Waals surface area contributed by atoms with E-state index in [9.17, 15) is 5.11 Å². The van der Waals surface area contributed by atoms with Crippen molar-refractivity contribution in [2.24, 2.45) is 0 Å². The van der Waals surface area contributed by atoms with Crippen LogP contribution in [-0.4, -0.2) is 30.0 Å². The van der Waals surface area contributed by atoms with Crippen LogP contribution in [0.25, 0.3) is 0 Å². The molecule has 0 radical (unpaired) electrons. The zero-order valence-electron chi connectivity index (χ0n) is 17.7. The summed E-state index contributed by atoms with van der Waals surface area (Å²) in [5.74, 6) is 0. The van der Waals surface area contributed by atoms with Crippen LogP contribution in [-0.2, 0) is 34.0 Å². The van der Waals surface area contributed by atoms with E-state index >= 15 is 0 Å². The highest BCUT2D eigenvalue weighted by Gasteiger charge is 2.28. The maximum absolute atomic E-state index is 10.9. The van der Waals surface area contributed by atoms with E-state index in [0.29, 0.717) is 19.8 Å². The standard InChI is InChI=1S/C27H30O4/c1-2-26(30-19-23-14-8-4-9-15-23)27(31-20-24-16-10-5-11-17-24)25(28)21-29-18-22-12-6-3-7-13-22/h2-17,25-28H,1,18-21H2/t25-,26-,27-/m0/s1. The predicted molar refractivity (Wildman–Crippen MR) is 122 cm³/mol. The van der Waals surface area contributed by atoms with E-state index in [1.54, 1.807) is 6.08 Å². The van der Waals surface area contributed by atoms with Crippen LogP contribution in [0.15, 0.2) is 104 Å². The molecule has 4 heteroatoms. The highest BCUT2D eigenvalue weighted by molar-refractivity contribution is 5.15. The fourth-order valence-corrected chi connectivity index (χ4v) is 3.22. The SMILES string of the molecule is C=C[C@H](OCc1ccccc1)[C@@H](OCc1ccccc1)[C@@H](O)COCc1ccccc1. The molecule has 0 saturated heterocycles. The minimum Gasteiger partial charge on any atom is -0.388 e. The van der Waals surface area contributed by atoms with E-state index in [-0.39, 0.29) is 6.61 Å². The molecule has 4 nitrogen and oxygen atoms in total. The van der Waals surface area contributed by atoms with E-state index in [1.165, 1.54) is 0 Å². The average Bonchev–Trinajstić information content (AvgIpc) is 2.83. The van der Waals surface area contributed by atoms with Crippen LogP contribution in [0.2, 0.25) is 0 Å². The first-order chi connectivity index (χ1) is 15.3. The Morgan fingerprint density at radius 2 is 1.13 bits per heavy atom. The van der Waals surface area contributed by atoms with Crippen LogP contribution in [0.5, 0.6) is 0 Å². The van der Waals surface area contributed by atoms with E-state index in [2.05, 4.69) is 6.58 Å². The van der Waals surface area contributed by atoms with Crippen LogP contribution in [0, 0.1) is 0 Å². The summed E-state index contributed by atoms with van der Waals surface area (Å²) in [5, 5.41) is 10.9. The number of hydrogen-bond donors (Lipinski definition) is 1. The lowest BCUT2D eigenvalue weighted by atomic mass is 10.1. The molecule has 0 saturated carbocycles. The molecule has 0 heterocycles. The molecule has 0 aromatic heterocycles. The van der Waals surface area contributed by atoms with Gasteiger partial charge in [0.25, 0.3) is 0 Å². The van der Waals surface area contributed by atoms with Gasteiger partial charge in [-0.05, 0) is 16.7 Å². The molecular formula is C27H30O4. The lowest BCUT2D eigenvalue weighted by Crippen LogP contribution is -2.42. The van der Waals surface area contributed by atoms with Gasteiger partial charge >= 0.3 is 0 Å². The molecule has 3 atom stereocenters. The molecule has 0 aliphatic rings. The van der Waals surface area contributed by atoms with Crippen LogP contribution < -0.4 is 0 Å². The summed E-state index contributed by atoms with van der Waals surface area (Å²) in [6.45, 7) is 5.22. The molecule has 162 valence electrons. The summed E-state index contributed by atoms with van der Waals surface area (Å²) >= 11 is 0. The molecule has 0 bridgehead atoms. The average molecular weight is 419 g/mol. The third kappa shape index (κ3) is 7.78. The first kappa shape index (κ1) is 22.9. The van der Waals surface area contributed by atoms with Crippen molar-refractivity contribution in [3.63, 3.8) is 0 Å². The van der Waals surface area contributed by atoms with Crippen LogP contribution in [0.1, 0.15) is 16.7 Å². The Labute approximate surface area is 184 Å². The maximum atomic E-state index is 10.9. The number of hydrogen-bond acceptors (Lipinski definition) is 4. The Kier molecular flexibility index (Phi) is 9.48. The quantitative estimate of drug-likeness (QED) is 0.400. The fraction of sp³-hybridized carbons (Fsp3) is 0.259. The van der Waals surface area contributed by atoms with Gasteiger partial charge < -0.3 is 19.3 Å². The molecule has 1 N–H and O–H groups in total. The molecule has 0 fully saturated rings. The minimum absolute atomic E-state index is 0.132. The van der Waals surface area contributed by atoms with Gasteiger partial charge in [0.05, 0.1) is 26.4 Å². The van der Waals surface area contributed by atoms with Gasteiger partial charge in [0.1, 0.15) is 18.3 Å². The van der Waals surface area contributed by atoms with Gasteiger partial charge in [0.2, 0.25) is 0 Å². The third-order valence-electron chi connectivity index (χ3n) is 4.91. The Morgan fingerprint density at radius 3 is 1.61 bits per heavy atom. The van der Waals surface area contributed by atoms with Crippen LogP contribution in [0.4, 0.5) is 0 Å². The molecule has 0 aliphatic heterocycles. The van der Waals surface area contributed by atoms with Crippen molar-refractivity contribution in [3.8, 4) is 0 Å². The Morgan fingerprint density at radius 1 is 0.677 bits per heavy atom. The smallest absolute Gasteiger partial charge is 0.116 e. The van der Waals surface area contributed by atoms with E-state index in [0.717, 1.165) is 16.7 Å². The summed E-state index contributed by atoms with van der Waals surface area (Å²) in [6, 6.07) is 29.6. The van der Waals surface area contributed by atoms with Crippen molar-refractivity contribution in [1.29, 1.82) is 0 Å². The van der Waals surface area contributed by atoms with Gasteiger partial charge in [-0.2, -0.15) is 0 Å². The first-order valence-electron chi connectivity index (χ1n) is 10.5. The topological polar surface area (TPSA) is 47.9 Å². The summed E-state index contributed by atoms with van der Waals surface area (Å²) in [7, 11) is 0. The van der Waals surface area contributed by atoms with Crippen molar-refractivity contribution in [2.45, 2.75) is 38.1 Å². The molecule has 31 heavy (non-hydrogen) atoms. The van der Waals surface area contributed by atoms with E-state index < -0.39 is 18.3 Å². The lowest BCUT2D eigenvalue weighted by molar-refractivity contribution is -0.133. The zero-order chi connectivity index (χ0) is 21.7. The summed E-state index contributed by atoms with van der Waals surface area (Å²) in [4.78, 5) is 0. The van der Waals surface area contributed by atoms with E-state index in [4.69, 9.17) is 14.2 Å². The molecule has 0 spiro atoms. The third-order valence-corrected chi connectivity index (χ3v) is 4.91. The Bertz CT molecular complexity index is 868. The van der Waals surface area contributed by atoms with Crippen molar-refractivity contribution < 1.29 is 19.3 Å². The minimum atomic E-state index is -0.869. The first-order valence-corrected chi connectivity index (χ1v) is 10.5.